The van der Waals surface area contributed by atoms with Crippen molar-refractivity contribution >= 4 is 11.9 Å². The Labute approximate surface area is 87.0 Å². The van der Waals surface area contributed by atoms with Crippen molar-refractivity contribution in [2.24, 2.45) is 11.5 Å². The second kappa shape index (κ2) is 5.64. The molecule has 0 rings (SSSR count). The van der Waals surface area contributed by atoms with Gasteiger partial charge in [0.15, 0.2) is 0 Å². The van der Waals surface area contributed by atoms with E-state index in [-0.39, 0.29) is 0 Å². The summed E-state index contributed by atoms with van der Waals surface area (Å²) in [5, 5.41) is 17.5. The van der Waals surface area contributed by atoms with E-state index in [1.807, 2.05) is 0 Å². The summed E-state index contributed by atoms with van der Waals surface area (Å²) in [5.41, 5.74) is 10.5. The van der Waals surface area contributed by atoms with Crippen molar-refractivity contribution in [3.05, 3.63) is 0 Å². The van der Waals surface area contributed by atoms with Crippen LogP contribution in [-0.2, 0) is 14.3 Å². The van der Waals surface area contributed by atoms with E-state index in [9.17, 15) is 9.59 Å². The zero-order chi connectivity index (χ0) is 12.2. The Morgan fingerprint density at radius 3 is 2.00 bits per heavy atom. The van der Waals surface area contributed by atoms with E-state index in [2.05, 4.69) is 4.74 Å². The highest BCUT2D eigenvalue weighted by atomic mass is 16.5. The number of hydrogen-bond acceptors (Lipinski definition) is 6. The smallest absolute Gasteiger partial charge is 0.325 e. The first-order valence-corrected chi connectivity index (χ1v) is 4.40. The lowest BCUT2D eigenvalue weighted by molar-refractivity contribution is -0.156. The molecule has 4 atom stereocenters. The Balaban J connectivity index is 4.24. The third-order valence-corrected chi connectivity index (χ3v) is 1.88. The Morgan fingerprint density at radius 2 is 1.67 bits per heavy atom. The zero-order valence-corrected chi connectivity index (χ0v) is 8.58. The summed E-state index contributed by atoms with van der Waals surface area (Å²) in [7, 11) is 0. The molecule has 6 N–H and O–H groups in total. The monoisotopic (exact) mass is 220 g/mol. The van der Waals surface area contributed by atoms with Crippen molar-refractivity contribution < 1.29 is 24.5 Å². The van der Waals surface area contributed by atoms with Crippen LogP contribution in [0.25, 0.3) is 0 Å². The third kappa shape index (κ3) is 4.24. The minimum atomic E-state index is -1.31. The second-order valence-corrected chi connectivity index (χ2v) is 3.27. The zero-order valence-electron chi connectivity index (χ0n) is 8.58. The molecule has 15 heavy (non-hydrogen) atoms. The average molecular weight is 220 g/mol. The number of carbonyl (C=O) groups excluding carboxylic acids is 1. The highest BCUT2D eigenvalue weighted by molar-refractivity contribution is 5.78. The van der Waals surface area contributed by atoms with Gasteiger partial charge in [-0.15, -0.1) is 0 Å². The topological polar surface area (TPSA) is 136 Å². The van der Waals surface area contributed by atoms with Crippen LogP contribution in [-0.4, -0.2) is 46.4 Å². The van der Waals surface area contributed by atoms with Crippen LogP contribution in [0.3, 0.4) is 0 Å². The van der Waals surface area contributed by atoms with Gasteiger partial charge in [0.2, 0.25) is 0 Å². The van der Waals surface area contributed by atoms with Gasteiger partial charge in [0, 0.05) is 0 Å². The quantitative estimate of drug-likeness (QED) is 0.395. The number of aliphatic carboxylic acids is 1. The van der Waals surface area contributed by atoms with Gasteiger partial charge in [-0.25, -0.2) is 0 Å². The molecule has 0 aromatic heterocycles. The first-order chi connectivity index (χ1) is 6.77. The van der Waals surface area contributed by atoms with Crippen LogP contribution in [0.5, 0.6) is 0 Å². The highest BCUT2D eigenvalue weighted by Gasteiger charge is 2.27. The molecular weight excluding hydrogens is 204 g/mol. The van der Waals surface area contributed by atoms with Crippen molar-refractivity contribution in [2.75, 3.05) is 0 Å². The number of carbonyl (C=O) groups is 2. The SMILES string of the molecule is C[C@H](O)[C@@H](N)C(=O)O[C@H](C)[C@H](N)C(=O)O. The molecule has 0 radical (unpaired) electrons. The van der Waals surface area contributed by atoms with Gasteiger partial charge >= 0.3 is 11.9 Å². The van der Waals surface area contributed by atoms with Gasteiger partial charge in [0.05, 0.1) is 6.10 Å². The number of carboxylic acid groups (broad SMARTS) is 1. The molecule has 0 heterocycles. The summed E-state index contributed by atoms with van der Waals surface area (Å²) in [5.74, 6) is -2.16. The number of ether oxygens (including phenoxy) is 1. The minimum absolute atomic E-state index is 0.880. The van der Waals surface area contributed by atoms with Crippen LogP contribution in [0.1, 0.15) is 13.8 Å². The van der Waals surface area contributed by atoms with Crippen molar-refractivity contribution in [3.8, 4) is 0 Å². The second-order valence-electron chi connectivity index (χ2n) is 3.27. The van der Waals surface area contributed by atoms with Gasteiger partial charge in [-0.2, -0.15) is 0 Å². The number of aliphatic hydroxyl groups is 1. The molecular formula is C8H16N2O5. The summed E-state index contributed by atoms with van der Waals surface area (Å²) in [6, 6.07) is -2.51. The highest BCUT2D eigenvalue weighted by Crippen LogP contribution is 2.01. The molecule has 0 bridgehead atoms. The first kappa shape index (κ1) is 13.8. The van der Waals surface area contributed by atoms with E-state index in [1.165, 1.54) is 13.8 Å². The van der Waals surface area contributed by atoms with E-state index >= 15 is 0 Å². The van der Waals surface area contributed by atoms with E-state index < -0.39 is 36.2 Å². The van der Waals surface area contributed by atoms with Gasteiger partial charge < -0.3 is 26.4 Å². The van der Waals surface area contributed by atoms with Crippen LogP contribution in [0.2, 0.25) is 0 Å². The predicted molar refractivity (Wildman–Crippen MR) is 50.8 cm³/mol. The standard InChI is InChI=1S/C8H16N2O5/c1-3(11)5(9)8(14)15-4(2)6(10)7(12)13/h3-6,11H,9-10H2,1-2H3,(H,12,13)/t3-,4+,5+,6-/m0/s1. The molecule has 7 heteroatoms. The molecule has 0 aliphatic carbocycles. The van der Waals surface area contributed by atoms with Gasteiger partial charge in [-0.05, 0) is 13.8 Å². The number of esters is 1. The summed E-state index contributed by atoms with van der Waals surface area (Å²) in [6.07, 6.45) is -2.06. The lowest BCUT2D eigenvalue weighted by Gasteiger charge is -2.20. The maximum Gasteiger partial charge on any atom is 0.325 e. The molecule has 7 nitrogen and oxygen atoms in total. The number of rotatable bonds is 5. The summed E-state index contributed by atoms with van der Waals surface area (Å²) < 4.78 is 4.67. The van der Waals surface area contributed by atoms with Gasteiger partial charge in [0.25, 0.3) is 0 Å². The Kier molecular flexibility index (Phi) is 5.20. The normalized spacial score (nSPS) is 18.7. The van der Waals surface area contributed by atoms with Crippen molar-refractivity contribution in [1.29, 1.82) is 0 Å². The molecule has 0 spiro atoms. The van der Waals surface area contributed by atoms with Crippen LogP contribution in [0.4, 0.5) is 0 Å². The molecule has 0 aromatic rings. The van der Waals surface area contributed by atoms with Crippen LogP contribution >= 0.6 is 0 Å². The third-order valence-electron chi connectivity index (χ3n) is 1.88. The largest absolute Gasteiger partial charge is 0.480 e. The average Bonchev–Trinajstić information content (AvgIpc) is 2.14. The lowest BCUT2D eigenvalue weighted by Crippen LogP contribution is -2.47. The number of hydrogen-bond donors (Lipinski definition) is 4. The fraction of sp³-hybridized carbons (Fsp3) is 0.750. The molecule has 0 aliphatic rings. The number of nitrogens with two attached hydrogens (primary N) is 2. The van der Waals surface area contributed by atoms with E-state index in [0.717, 1.165) is 0 Å². The molecule has 0 saturated heterocycles. The van der Waals surface area contributed by atoms with Crippen molar-refractivity contribution in [3.63, 3.8) is 0 Å². The number of aliphatic hydroxyl groups excluding tert-OH is 1. The first-order valence-electron chi connectivity index (χ1n) is 4.40. The van der Waals surface area contributed by atoms with Gasteiger partial charge in [0.1, 0.15) is 18.2 Å². The maximum atomic E-state index is 11.2. The maximum absolute atomic E-state index is 11.2. The lowest BCUT2D eigenvalue weighted by atomic mass is 10.2. The van der Waals surface area contributed by atoms with Crippen LogP contribution < -0.4 is 11.5 Å². The molecule has 88 valence electrons. The minimum Gasteiger partial charge on any atom is -0.480 e. The fourth-order valence-corrected chi connectivity index (χ4v) is 0.733. The summed E-state index contributed by atoms with van der Waals surface area (Å²) in [4.78, 5) is 21.6. The fourth-order valence-electron chi connectivity index (χ4n) is 0.733. The summed E-state index contributed by atoms with van der Waals surface area (Å²) in [6.45, 7) is 2.67. The van der Waals surface area contributed by atoms with E-state index in [4.69, 9.17) is 21.7 Å². The molecule has 0 aliphatic heterocycles. The van der Waals surface area contributed by atoms with Crippen molar-refractivity contribution in [1.82, 2.24) is 0 Å². The summed E-state index contributed by atoms with van der Waals surface area (Å²) >= 11 is 0. The Hall–Kier alpha value is -1.18. The Morgan fingerprint density at radius 1 is 1.20 bits per heavy atom. The molecule has 0 fully saturated rings. The molecule has 0 saturated carbocycles. The van der Waals surface area contributed by atoms with Gasteiger partial charge in [-0.1, -0.05) is 0 Å². The van der Waals surface area contributed by atoms with Gasteiger partial charge in [-0.3, -0.25) is 9.59 Å². The Bertz CT molecular complexity index is 243. The van der Waals surface area contributed by atoms with E-state index in [1.54, 1.807) is 0 Å². The van der Waals surface area contributed by atoms with Crippen LogP contribution in [0, 0.1) is 0 Å². The molecule has 0 amide bonds. The number of carboxylic acids is 1. The molecule has 0 unspecified atom stereocenters. The van der Waals surface area contributed by atoms with Crippen molar-refractivity contribution in [2.45, 2.75) is 38.1 Å². The predicted octanol–water partition coefficient (Wildman–Crippen LogP) is -1.96. The van der Waals surface area contributed by atoms with Crippen LogP contribution in [0.15, 0.2) is 0 Å². The molecule has 0 aromatic carbocycles. The van der Waals surface area contributed by atoms with E-state index in [0.29, 0.717) is 0 Å².